The van der Waals surface area contributed by atoms with Crippen LogP contribution in [0.5, 0.6) is 0 Å². The van der Waals surface area contributed by atoms with E-state index in [1.54, 1.807) is 4.90 Å². The van der Waals surface area contributed by atoms with Gasteiger partial charge in [-0.05, 0) is 33.1 Å². The highest BCUT2D eigenvalue weighted by atomic mass is 32.2. The fraction of sp³-hybridized carbons (Fsp3) is 0.733. The van der Waals surface area contributed by atoms with Gasteiger partial charge in [-0.15, -0.1) is 0 Å². The van der Waals surface area contributed by atoms with Crippen molar-refractivity contribution in [3.8, 4) is 0 Å². The third-order valence-electron chi connectivity index (χ3n) is 4.69. The Bertz CT molecular complexity index is 708. The molecule has 2 aliphatic heterocycles. The molecule has 2 fully saturated rings. The standard InChI is InChI=1S/C15H22FN3O4S/c1-10-14(11(2)23-17-10)24(21,22)19-9-12(16)8-13(19)15(20)18-6-4-3-5-7-18/h12-13H,3-9H2,1-2H3/t12-,13-/m0/s1. The van der Waals surface area contributed by atoms with Gasteiger partial charge in [0.05, 0.1) is 0 Å². The van der Waals surface area contributed by atoms with Gasteiger partial charge >= 0.3 is 0 Å². The van der Waals surface area contributed by atoms with Crippen molar-refractivity contribution in [3.63, 3.8) is 0 Å². The molecule has 7 nitrogen and oxygen atoms in total. The smallest absolute Gasteiger partial charge is 0.249 e. The van der Waals surface area contributed by atoms with E-state index in [1.807, 2.05) is 0 Å². The van der Waals surface area contributed by atoms with E-state index < -0.39 is 22.2 Å². The quantitative estimate of drug-likeness (QED) is 0.815. The van der Waals surface area contributed by atoms with Crippen molar-refractivity contribution in [3.05, 3.63) is 11.5 Å². The average Bonchev–Trinajstić information content (AvgIpc) is 3.11. The molecule has 1 amide bonds. The van der Waals surface area contributed by atoms with Crippen molar-refractivity contribution >= 4 is 15.9 Å². The van der Waals surface area contributed by atoms with Crippen LogP contribution in [0.2, 0.25) is 0 Å². The van der Waals surface area contributed by atoms with Gasteiger partial charge in [-0.25, -0.2) is 12.8 Å². The number of aryl methyl sites for hydroxylation is 2. The fourth-order valence-corrected chi connectivity index (χ4v) is 5.45. The zero-order valence-electron chi connectivity index (χ0n) is 13.9. The largest absolute Gasteiger partial charge is 0.360 e. The summed E-state index contributed by atoms with van der Waals surface area (Å²) < 4.78 is 45.9. The summed E-state index contributed by atoms with van der Waals surface area (Å²) in [4.78, 5) is 14.3. The number of amides is 1. The maximum Gasteiger partial charge on any atom is 0.249 e. The molecule has 0 aromatic carbocycles. The third-order valence-corrected chi connectivity index (χ3v) is 6.81. The van der Waals surface area contributed by atoms with Gasteiger partial charge in [0.1, 0.15) is 22.8 Å². The second-order valence-corrected chi connectivity index (χ2v) is 8.29. The molecular formula is C15H22FN3O4S. The van der Waals surface area contributed by atoms with Crippen LogP contribution in [0, 0.1) is 13.8 Å². The van der Waals surface area contributed by atoms with Gasteiger partial charge in [0.25, 0.3) is 0 Å². The highest BCUT2D eigenvalue weighted by Gasteiger charge is 2.47. The third kappa shape index (κ3) is 2.95. The lowest BCUT2D eigenvalue weighted by molar-refractivity contribution is -0.135. The molecule has 0 unspecified atom stereocenters. The molecule has 2 saturated heterocycles. The summed E-state index contributed by atoms with van der Waals surface area (Å²) in [5.74, 6) is -0.149. The van der Waals surface area contributed by atoms with Crippen LogP contribution in [-0.2, 0) is 14.8 Å². The van der Waals surface area contributed by atoms with Crippen LogP contribution in [0.1, 0.15) is 37.1 Å². The molecule has 0 radical (unpaired) electrons. The van der Waals surface area contributed by atoms with Gasteiger partial charge in [-0.2, -0.15) is 4.31 Å². The van der Waals surface area contributed by atoms with Crippen molar-refractivity contribution in [1.82, 2.24) is 14.4 Å². The van der Waals surface area contributed by atoms with Crippen LogP contribution in [0.15, 0.2) is 9.42 Å². The predicted molar refractivity (Wildman–Crippen MR) is 83.6 cm³/mol. The molecule has 9 heteroatoms. The zero-order valence-corrected chi connectivity index (χ0v) is 14.7. The Morgan fingerprint density at radius 2 is 1.92 bits per heavy atom. The van der Waals surface area contributed by atoms with Gasteiger partial charge in [-0.1, -0.05) is 5.16 Å². The molecule has 134 valence electrons. The Labute approximate surface area is 140 Å². The maximum absolute atomic E-state index is 14.0. The minimum atomic E-state index is -4.03. The number of carbonyl (C=O) groups excluding carboxylic acids is 1. The molecule has 2 atom stereocenters. The summed E-state index contributed by atoms with van der Waals surface area (Å²) in [6.45, 7) is 3.92. The molecule has 1 aromatic rings. The number of aromatic nitrogens is 1. The highest BCUT2D eigenvalue weighted by Crippen LogP contribution is 2.32. The van der Waals surface area contributed by atoms with E-state index >= 15 is 0 Å². The van der Waals surface area contributed by atoms with E-state index in [2.05, 4.69) is 5.16 Å². The molecule has 3 heterocycles. The van der Waals surface area contributed by atoms with Crippen LogP contribution >= 0.6 is 0 Å². The van der Waals surface area contributed by atoms with E-state index in [0.29, 0.717) is 13.1 Å². The van der Waals surface area contributed by atoms with Gasteiger partial charge in [-0.3, -0.25) is 4.79 Å². The van der Waals surface area contributed by atoms with Crippen LogP contribution in [0.3, 0.4) is 0 Å². The summed E-state index contributed by atoms with van der Waals surface area (Å²) in [5, 5.41) is 3.66. The average molecular weight is 359 g/mol. The SMILES string of the molecule is Cc1noc(C)c1S(=O)(=O)N1C[C@@H](F)C[C@H]1C(=O)N1CCCCC1. The lowest BCUT2D eigenvalue weighted by Crippen LogP contribution is -2.49. The molecule has 24 heavy (non-hydrogen) atoms. The molecule has 0 saturated carbocycles. The summed E-state index contributed by atoms with van der Waals surface area (Å²) in [6.07, 6.45) is 1.40. The lowest BCUT2D eigenvalue weighted by atomic mass is 10.1. The van der Waals surface area contributed by atoms with Crippen LogP contribution in [0.4, 0.5) is 4.39 Å². The Morgan fingerprint density at radius 1 is 1.25 bits per heavy atom. The number of rotatable bonds is 3. The van der Waals surface area contributed by atoms with E-state index in [4.69, 9.17) is 4.52 Å². The monoisotopic (exact) mass is 359 g/mol. The minimum absolute atomic E-state index is 0.0620. The van der Waals surface area contributed by atoms with Crippen molar-refractivity contribution in [2.75, 3.05) is 19.6 Å². The van der Waals surface area contributed by atoms with E-state index in [0.717, 1.165) is 23.6 Å². The molecule has 0 N–H and O–H groups in total. The van der Waals surface area contributed by atoms with Gasteiger partial charge in [0.15, 0.2) is 5.76 Å². The van der Waals surface area contributed by atoms with Crippen LogP contribution in [-0.4, -0.2) is 60.5 Å². The van der Waals surface area contributed by atoms with E-state index in [1.165, 1.54) is 13.8 Å². The lowest BCUT2D eigenvalue weighted by Gasteiger charge is -2.31. The zero-order chi connectivity index (χ0) is 17.5. The van der Waals surface area contributed by atoms with Gasteiger partial charge in [0, 0.05) is 26.1 Å². The van der Waals surface area contributed by atoms with Crippen LogP contribution in [0.25, 0.3) is 0 Å². The number of alkyl halides is 1. The second kappa shape index (κ2) is 6.44. The molecule has 0 aliphatic carbocycles. The Hall–Kier alpha value is -1.48. The molecule has 2 aliphatic rings. The number of piperidine rings is 1. The van der Waals surface area contributed by atoms with Crippen molar-refractivity contribution < 1.29 is 22.1 Å². The molecular weight excluding hydrogens is 337 g/mol. The number of likely N-dealkylation sites (tertiary alicyclic amines) is 1. The van der Waals surface area contributed by atoms with Gasteiger partial charge < -0.3 is 9.42 Å². The van der Waals surface area contributed by atoms with Crippen LogP contribution < -0.4 is 0 Å². The first-order chi connectivity index (χ1) is 11.3. The first-order valence-corrected chi connectivity index (χ1v) is 9.64. The Balaban J connectivity index is 1.91. The molecule has 1 aromatic heterocycles. The summed E-state index contributed by atoms with van der Waals surface area (Å²) in [6, 6.07) is -0.989. The normalized spacial score (nSPS) is 26.0. The first-order valence-electron chi connectivity index (χ1n) is 8.20. The highest BCUT2D eigenvalue weighted by molar-refractivity contribution is 7.89. The second-order valence-electron chi connectivity index (χ2n) is 6.46. The number of carbonyl (C=O) groups is 1. The Morgan fingerprint density at radius 3 is 2.50 bits per heavy atom. The first kappa shape index (κ1) is 17.3. The number of hydrogen-bond acceptors (Lipinski definition) is 5. The minimum Gasteiger partial charge on any atom is -0.360 e. The van der Waals surface area contributed by atoms with Crippen molar-refractivity contribution in [1.29, 1.82) is 0 Å². The number of halogens is 1. The van der Waals surface area contributed by atoms with Crippen molar-refractivity contribution in [2.24, 2.45) is 0 Å². The molecule has 3 rings (SSSR count). The maximum atomic E-state index is 14.0. The number of sulfonamides is 1. The summed E-state index contributed by atoms with van der Waals surface area (Å²) in [5.41, 5.74) is 0.221. The van der Waals surface area contributed by atoms with E-state index in [-0.39, 0.29) is 35.2 Å². The number of nitrogens with zero attached hydrogens (tertiary/aromatic N) is 3. The molecule has 0 bridgehead atoms. The van der Waals surface area contributed by atoms with Gasteiger partial charge in [0.2, 0.25) is 15.9 Å². The van der Waals surface area contributed by atoms with Crippen molar-refractivity contribution in [2.45, 2.75) is 56.6 Å². The molecule has 0 spiro atoms. The Kier molecular flexibility index (Phi) is 4.65. The number of hydrogen-bond donors (Lipinski definition) is 0. The summed E-state index contributed by atoms with van der Waals surface area (Å²) >= 11 is 0. The van der Waals surface area contributed by atoms with E-state index in [9.17, 15) is 17.6 Å². The summed E-state index contributed by atoms with van der Waals surface area (Å²) in [7, 11) is -4.03. The topological polar surface area (TPSA) is 83.7 Å². The fourth-order valence-electron chi connectivity index (χ4n) is 3.53. The predicted octanol–water partition coefficient (Wildman–Crippen LogP) is 1.41.